The third-order valence-corrected chi connectivity index (χ3v) is 4.50. The van der Waals surface area contributed by atoms with E-state index in [0.717, 1.165) is 22.0 Å². The van der Waals surface area contributed by atoms with Crippen LogP contribution in [0.1, 0.15) is 18.1 Å². The second kappa shape index (κ2) is 6.75. The largest absolute Gasteiger partial charge is 0.284 e. The number of benzene rings is 2. The van der Waals surface area contributed by atoms with Crippen molar-refractivity contribution in [3.63, 3.8) is 0 Å². The highest BCUT2D eigenvalue weighted by molar-refractivity contribution is 7.14. The monoisotopic (exact) mass is 322 g/mol. The highest BCUT2D eigenvalue weighted by atomic mass is 32.1. The van der Waals surface area contributed by atoms with Gasteiger partial charge in [-0.3, -0.25) is 9.69 Å². The van der Waals surface area contributed by atoms with Crippen LogP contribution in [0.2, 0.25) is 0 Å². The molecule has 1 aromatic heterocycles. The van der Waals surface area contributed by atoms with Crippen molar-refractivity contribution in [1.82, 2.24) is 4.98 Å². The van der Waals surface area contributed by atoms with Crippen molar-refractivity contribution in [2.45, 2.75) is 20.4 Å². The molecule has 0 unspecified atom stereocenters. The van der Waals surface area contributed by atoms with Gasteiger partial charge in [0.05, 0.1) is 12.2 Å². The SMILES string of the molecule is CC(=O)N(Cc1ccccc1)c1nc(-c2ccc(C)cc2)cs1. The van der Waals surface area contributed by atoms with Gasteiger partial charge < -0.3 is 0 Å². The average Bonchev–Trinajstić information content (AvgIpc) is 3.03. The van der Waals surface area contributed by atoms with Gasteiger partial charge in [0, 0.05) is 17.9 Å². The Kier molecular flexibility index (Phi) is 4.53. The standard InChI is InChI=1S/C19H18N2OS/c1-14-8-10-17(11-9-14)18-13-23-19(20-18)21(15(2)22)12-16-6-4-3-5-7-16/h3-11,13H,12H2,1-2H3. The van der Waals surface area contributed by atoms with Gasteiger partial charge in [-0.05, 0) is 12.5 Å². The number of carbonyl (C=O) groups is 1. The lowest BCUT2D eigenvalue weighted by atomic mass is 10.1. The van der Waals surface area contributed by atoms with E-state index in [1.807, 2.05) is 35.7 Å². The van der Waals surface area contributed by atoms with Gasteiger partial charge in [-0.25, -0.2) is 4.98 Å². The fourth-order valence-electron chi connectivity index (χ4n) is 2.32. The molecule has 0 aliphatic carbocycles. The first-order valence-corrected chi connectivity index (χ1v) is 8.36. The summed E-state index contributed by atoms with van der Waals surface area (Å²) >= 11 is 1.50. The zero-order chi connectivity index (χ0) is 16.2. The first kappa shape index (κ1) is 15.4. The second-order valence-electron chi connectivity index (χ2n) is 5.47. The number of amides is 1. The molecule has 2 aromatic carbocycles. The van der Waals surface area contributed by atoms with E-state index in [-0.39, 0.29) is 5.91 Å². The molecule has 3 rings (SSSR count). The van der Waals surface area contributed by atoms with E-state index in [4.69, 9.17) is 0 Å². The molecule has 23 heavy (non-hydrogen) atoms. The Balaban J connectivity index is 1.86. The minimum Gasteiger partial charge on any atom is -0.284 e. The molecule has 0 aliphatic heterocycles. The number of hydrogen-bond acceptors (Lipinski definition) is 3. The number of aromatic nitrogens is 1. The van der Waals surface area contributed by atoms with Crippen LogP contribution in [-0.4, -0.2) is 10.9 Å². The molecule has 4 heteroatoms. The Morgan fingerprint density at radius 3 is 2.43 bits per heavy atom. The molecule has 116 valence electrons. The van der Waals surface area contributed by atoms with Crippen LogP contribution in [0.3, 0.4) is 0 Å². The van der Waals surface area contributed by atoms with Gasteiger partial charge >= 0.3 is 0 Å². The van der Waals surface area contributed by atoms with Crippen LogP contribution < -0.4 is 4.90 Å². The molecule has 1 amide bonds. The Labute approximate surface area is 140 Å². The van der Waals surface area contributed by atoms with Crippen LogP contribution in [0.5, 0.6) is 0 Å². The van der Waals surface area contributed by atoms with Gasteiger partial charge in [-0.15, -0.1) is 11.3 Å². The molecule has 0 bridgehead atoms. The van der Waals surface area contributed by atoms with Crippen molar-refractivity contribution in [2.24, 2.45) is 0 Å². The van der Waals surface area contributed by atoms with E-state index >= 15 is 0 Å². The summed E-state index contributed by atoms with van der Waals surface area (Å²) in [6, 6.07) is 18.2. The van der Waals surface area contributed by atoms with Gasteiger partial charge in [0.1, 0.15) is 0 Å². The zero-order valence-electron chi connectivity index (χ0n) is 13.2. The van der Waals surface area contributed by atoms with Crippen LogP contribution in [0, 0.1) is 6.92 Å². The third kappa shape index (κ3) is 3.66. The average molecular weight is 322 g/mol. The molecule has 0 saturated carbocycles. The van der Waals surface area contributed by atoms with Crippen molar-refractivity contribution in [2.75, 3.05) is 4.90 Å². The zero-order valence-corrected chi connectivity index (χ0v) is 14.0. The minimum absolute atomic E-state index is 0.00124. The van der Waals surface area contributed by atoms with E-state index in [1.165, 1.54) is 16.9 Å². The first-order chi connectivity index (χ1) is 11.1. The van der Waals surface area contributed by atoms with Crippen molar-refractivity contribution >= 4 is 22.4 Å². The summed E-state index contributed by atoms with van der Waals surface area (Å²) in [5, 5.41) is 2.73. The molecule has 3 nitrogen and oxygen atoms in total. The van der Waals surface area contributed by atoms with Crippen LogP contribution in [0.25, 0.3) is 11.3 Å². The number of hydrogen-bond donors (Lipinski definition) is 0. The van der Waals surface area contributed by atoms with Crippen molar-refractivity contribution in [3.8, 4) is 11.3 Å². The van der Waals surface area contributed by atoms with Gasteiger partial charge in [0.15, 0.2) is 5.13 Å². The summed E-state index contributed by atoms with van der Waals surface area (Å²) in [7, 11) is 0. The van der Waals surface area contributed by atoms with E-state index in [9.17, 15) is 4.79 Å². The van der Waals surface area contributed by atoms with Crippen molar-refractivity contribution in [1.29, 1.82) is 0 Å². The highest BCUT2D eigenvalue weighted by Crippen LogP contribution is 2.28. The van der Waals surface area contributed by atoms with Gasteiger partial charge in [-0.2, -0.15) is 0 Å². The number of carbonyl (C=O) groups excluding carboxylic acids is 1. The molecule has 0 N–H and O–H groups in total. The smallest absolute Gasteiger partial charge is 0.225 e. The van der Waals surface area contributed by atoms with Gasteiger partial charge in [-0.1, -0.05) is 60.2 Å². The number of thiazole rings is 1. The molecule has 0 fully saturated rings. The number of anilines is 1. The molecule has 3 aromatic rings. The second-order valence-corrected chi connectivity index (χ2v) is 6.31. The Morgan fingerprint density at radius 2 is 1.78 bits per heavy atom. The summed E-state index contributed by atoms with van der Waals surface area (Å²) in [6.45, 7) is 4.18. The Bertz CT molecular complexity index is 794. The summed E-state index contributed by atoms with van der Waals surface area (Å²) in [5.74, 6) is -0.00124. The fourth-order valence-corrected chi connectivity index (χ4v) is 3.20. The molecular weight excluding hydrogens is 304 g/mol. The predicted molar refractivity (Wildman–Crippen MR) is 95.6 cm³/mol. The Hall–Kier alpha value is -2.46. The molecule has 0 aliphatic rings. The van der Waals surface area contributed by atoms with E-state index in [1.54, 1.807) is 11.8 Å². The quantitative estimate of drug-likeness (QED) is 0.699. The topological polar surface area (TPSA) is 33.2 Å². The fraction of sp³-hybridized carbons (Fsp3) is 0.158. The van der Waals surface area contributed by atoms with Gasteiger partial charge in [0.2, 0.25) is 5.91 Å². The highest BCUT2D eigenvalue weighted by Gasteiger charge is 2.16. The molecule has 0 spiro atoms. The number of nitrogens with zero attached hydrogens (tertiary/aromatic N) is 2. The Morgan fingerprint density at radius 1 is 1.09 bits per heavy atom. The summed E-state index contributed by atoms with van der Waals surface area (Å²) < 4.78 is 0. The molecule has 0 saturated heterocycles. The molecule has 1 heterocycles. The lowest BCUT2D eigenvalue weighted by Gasteiger charge is -2.17. The molecule has 0 atom stereocenters. The maximum Gasteiger partial charge on any atom is 0.225 e. The maximum atomic E-state index is 12.0. The lowest BCUT2D eigenvalue weighted by Crippen LogP contribution is -2.27. The van der Waals surface area contributed by atoms with Gasteiger partial charge in [0.25, 0.3) is 0 Å². The molecular formula is C19H18N2OS. The van der Waals surface area contributed by atoms with Crippen LogP contribution in [-0.2, 0) is 11.3 Å². The summed E-state index contributed by atoms with van der Waals surface area (Å²) in [5.41, 5.74) is 4.29. The normalized spacial score (nSPS) is 10.5. The van der Waals surface area contributed by atoms with Crippen LogP contribution >= 0.6 is 11.3 Å². The lowest BCUT2D eigenvalue weighted by molar-refractivity contribution is -0.116. The summed E-state index contributed by atoms with van der Waals surface area (Å²) in [6.07, 6.45) is 0. The first-order valence-electron chi connectivity index (χ1n) is 7.48. The third-order valence-electron chi connectivity index (χ3n) is 3.63. The minimum atomic E-state index is -0.00124. The summed E-state index contributed by atoms with van der Waals surface area (Å²) in [4.78, 5) is 18.4. The molecule has 0 radical (unpaired) electrons. The number of aryl methyl sites for hydroxylation is 1. The van der Waals surface area contributed by atoms with Crippen molar-refractivity contribution < 1.29 is 4.79 Å². The van der Waals surface area contributed by atoms with E-state index in [0.29, 0.717) is 6.54 Å². The van der Waals surface area contributed by atoms with E-state index in [2.05, 4.69) is 36.2 Å². The van der Waals surface area contributed by atoms with Crippen molar-refractivity contribution in [3.05, 3.63) is 71.1 Å². The van der Waals surface area contributed by atoms with E-state index < -0.39 is 0 Å². The predicted octanol–water partition coefficient (Wildman–Crippen LogP) is 4.67. The maximum absolute atomic E-state index is 12.0. The number of rotatable bonds is 4. The van der Waals surface area contributed by atoms with Crippen LogP contribution in [0.4, 0.5) is 5.13 Å². The van der Waals surface area contributed by atoms with Crippen LogP contribution in [0.15, 0.2) is 60.0 Å².